The molecule has 1 amide bonds. The maximum atomic E-state index is 12.0. The molecule has 1 heterocycles. The highest BCUT2D eigenvalue weighted by Gasteiger charge is 2.17. The van der Waals surface area contributed by atoms with Crippen molar-refractivity contribution < 1.29 is 9.63 Å². The molecule has 1 aromatic heterocycles. The molecule has 0 atom stereocenters. The summed E-state index contributed by atoms with van der Waals surface area (Å²) >= 11 is 25.6. The lowest BCUT2D eigenvalue weighted by Crippen LogP contribution is -2.11. The standard InChI is InChI=1S/C17H9Cl4N3O2S/c18-10-3-1-4-11(19)9(10)7-22-26-17(25)23-14-8-27-24-16(14)15-12(20)5-2-6-13(15)21/h1-8H,(H,23,25)/b22-7+. The number of nitrogens with one attached hydrogen (secondary N) is 1. The predicted molar refractivity (Wildman–Crippen MR) is 112 cm³/mol. The SMILES string of the molecule is O=C(Nc1csnc1-c1c(Cl)cccc1Cl)O/N=C/c1c(Cl)cccc1Cl. The molecule has 0 radical (unpaired) electrons. The van der Waals surface area contributed by atoms with Gasteiger partial charge in [0.15, 0.2) is 0 Å². The summed E-state index contributed by atoms with van der Waals surface area (Å²) in [6.45, 7) is 0. The fourth-order valence-electron chi connectivity index (χ4n) is 2.12. The first-order valence-corrected chi connectivity index (χ1v) is 9.66. The van der Waals surface area contributed by atoms with Crippen LogP contribution in [-0.2, 0) is 4.84 Å². The molecule has 0 saturated heterocycles. The molecule has 5 nitrogen and oxygen atoms in total. The van der Waals surface area contributed by atoms with Gasteiger partial charge >= 0.3 is 6.09 Å². The fraction of sp³-hybridized carbons (Fsp3) is 0. The van der Waals surface area contributed by atoms with Crippen LogP contribution in [0.25, 0.3) is 11.3 Å². The van der Waals surface area contributed by atoms with E-state index in [9.17, 15) is 4.79 Å². The molecule has 0 bridgehead atoms. The number of carbonyl (C=O) groups excluding carboxylic acids is 1. The molecule has 0 aliphatic rings. The van der Waals surface area contributed by atoms with Crippen molar-refractivity contribution in [2.45, 2.75) is 0 Å². The molecule has 0 unspecified atom stereocenters. The van der Waals surface area contributed by atoms with E-state index < -0.39 is 6.09 Å². The van der Waals surface area contributed by atoms with Crippen LogP contribution in [0.15, 0.2) is 46.9 Å². The Labute approximate surface area is 178 Å². The number of amides is 1. The van der Waals surface area contributed by atoms with Gasteiger partial charge in [-0.25, -0.2) is 4.79 Å². The molecule has 0 saturated carbocycles. The van der Waals surface area contributed by atoms with Gasteiger partial charge in [-0.2, -0.15) is 4.37 Å². The first-order chi connectivity index (χ1) is 13.0. The molecule has 138 valence electrons. The smallest absolute Gasteiger partial charge is 0.298 e. The second-order valence-corrected chi connectivity index (χ2v) is 7.30. The quantitative estimate of drug-likeness (QED) is 0.258. The van der Waals surface area contributed by atoms with Crippen LogP contribution in [0.1, 0.15) is 5.56 Å². The number of benzene rings is 2. The molecular formula is C17H9Cl4N3O2S. The third-order valence-electron chi connectivity index (χ3n) is 3.32. The van der Waals surface area contributed by atoms with Crippen LogP contribution >= 0.6 is 57.9 Å². The highest BCUT2D eigenvalue weighted by Crippen LogP contribution is 2.38. The summed E-state index contributed by atoms with van der Waals surface area (Å²) in [6, 6.07) is 10.1. The Morgan fingerprint density at radius 1 is 1.04 bits per heavy atom. The molecule has 2 aromatic carbocycles. The van der Waals surface area contributed by atoms with Gasteiger partial charge in [0.1, 0.15) is 5.69 Å². The summed E-state index contributed by atoms with van der Waals surface area (Å²) in [4.78, 5) is 16.8. The maximum absolute atomic E-state index is 12.0. The number of carbonyl (C=O) groups is 1. The van der Waals surface area contributed by atoms with Crippen molar-refractivity contribution in [3.63, 3.8) is 0 Å². The van der Waals surface area contributed by atoms with Gasteiger partial charge in [-0.3, -0.25) is 10.2 Å². The molecule has 3 rings (SSSR count). The number of nitrogens with zero attached hydrogens (tertiary/aromatic N) is 2. The monoisotopic (exact) mass is 459 g/mol. The number of hydrogen-bond acceptors (Lipinski definition) is 5. The van der Waals surface area contributed by atoms with Gasteiger partial charge in [-0.15, -0.1) is 0 Å². The number of oxime groups is 1. The predicted octanol–water partition coefficient (Wildman–Crippen LogP) is 7.01. The number of halogens is 4. The Morgan fingerprint density at radius 3 is 2.26 bits per heavy atom. The molecular weight excluding hydrogens is 452 g/mol. The molecule has 1 N–H and O–H groups in total. The summed E-state index contributed by atoms with van der Waals surface area (Å²) in [7, 11) is 0. The summed E-state index contributed by atoms with van der Waals surface area (Å²) in [6.07, 6.45) is 0.432. The van der Waals surface area contributed by atoms with Gasteiger partial charge < -0.3 is 0 Å². The molecule has 0 fully saturated rings. The Morgan fingerprint density at radius 2 is 1.63 bits per heavy atom. The average Bonchev–Trinajstić information content (AvgIpc) is 3.05. The number of rotatable bonds is 4. The summed E-state index contributed by atoms with van der Waals surface area (Å²) < 4.78 is 4.24. The summed E-state index contributed by atoms with van der Waals surface area (Å²) in [5.41, 5.74) is 1.79. The van der Waals surface area contributed by atoms with Gasteiger partial charge in [0.05, 0.1) is 32.0 Å². The highest BCUT2D eigenvalue weighted by molar-refractivity contribution is 7.04. The van der Waals surface area contributed by atoms with Crippen LogP contribution < -0.4 is 5.32 Å². The summed E-state index contributed by atoms with van der Waals surface area (Å²) in [5, 5.41) is 9.38. The van der Waals surface area contributed by atoms with E-state index in [1.165, 1.54) is 6.21 Å². The number of anilines is 1. The van der Waals surface area contributed by atoms with E-state index in [-0.39, 0.29) is 0 Å². The van der Waals surface area contributed by atoms with E-state index in [0.717, 1.165) is 11.5 Å². The zero-order valence-electron chi connectivity index (χ0n) is 13.2. The minimum absolute atomic E-state index is 0.382. The molecule has 3 aromatic rings. The number of aromatic nitrogens is 1. The van der Waals surface area contributed by atoms with E-state index in [0.29, 0.717) is 42.6 Å². The van der Waals surface area contributed by atoms with Crippen molar-refractivity contribution in [2.24, 2.45) is 5.16 Å². The lowest BCUT2D eigenvalue weighted by atomic mass is 10.1. The van der Waals surface area contributed by atoms with Crippen molar-refractivity contribution in [3.05, 3.63) is 67.4 Å². The van der Waals surface area contributed by atoms with Crippen molar-refractivity contribution in [1.29, 1.82) is 0 Å². The number of hydrogen-bond donors (Lipinski definition) is 1. The van der Waals surface area contributed by atoms with Crippen molar-refractivity contribution >= 4 is 75.9 Å². The zero-order valence-corrected chi connectivity index (χ0v) is 17.1. The minimum Gasteiger partial charge on any atom is -0.298 e. The second kappa shape index (κ2) is 8.91. The van der Waals surface area contributed by atoms with E-state index in [1.54, 1.807) is 41.8 Å². The van der Waals surface area contributed by atoms with Gasteiger partial charge in [-0.1, -0.05) is 63.7 Å². The lowest BCUT2D eigenvalue weighted by Gasteiger charge is -2.07. The van der Waals surface area contributed by atoms with Crippen LogP contribution in [0.5, 0.6) is 0 Å². The first kappa shape index (κ1) is 19.9. The van der Waals surface area contributed by atoms with E-state index in [1.807, 2.05) is 0 Å². The Bertz CT molecular complexity index is 983. The topological polar surface area (TPSA) is 63.6 Å². The minimum atomic E-state index is -0.820. The van der Waals surface area contributed by atoms with E-state index >= 15 is 0 Å². The molecule has 0 aliphatic heterocycles. The van der Waals surface area contributed by atoms with E-state index in [2.05, 4.69) is 14.8 Å². The molecule has 0 aliphatic carbocycles. The zero-order chi connectivity index (χ0) is 19.4. The molecule has 27 heavy (non-hydrogen) atoms. The molecule has 10 heteroatoms. The van der Waals surface area contributed by atoms with Gasteiger partial charge in [0.25, 0.3) is 0 Å². The van der Waals surface area contributed by atoms with Crippen LogP contribution in [0.4, 0.5) is 10.5 Å². The van der Waals surface area contributed by atoms with Gasteiger partial charge in [0, 0.05) is 16.5 Å². The normalized spacial score (nSPS) is 11.0. The van der Waals surface area contributed by atoms with Crippen LogP contribution in [-0.4, -0.2) is 16.7 Å². The third kappa shape index (κ3) is 4.72. The first-order valence-electron chi connectivity index (χ1n) is 7.31. The largest absolute Gasteiger partial charge is 0.437 e. The van der Waals surface area contributed by atoms with Crippen molar-refractivity contribution in [3.8, 4) is 11.3 Å². The Kier molecular flexibility index (Phi) is 6.57. The molecule has 0 spiro atoms. The fourth-order valence-corrected chi connectivity index (χ4v) is 3.82. The third-order valence-corrected chi connectivity index (χ3v) is 5.24. The second-order valence-electron chi connectivity index (χ2n) is 5.05. The highest BCUT2D eigenvalue weighted by atomic mass is 35.5. The van der Waals surface area contributed by atoms with Gasteiger partial charge in [-0.05, 0) is 35.8 Å². The average molecular weight is 461 g/mol. The van der Waals surface area contributed by atoms with E-state index in [4.69, 9.17) is 51.2 Å². The summed E-state index contributed by atoms with van der Waals surface area (Å²) in [5.74, 6) is 0. The van der Waals surface area contributed by atoms with Crippen LogP contribution in [0, 0.1) is 0 Å². The van der Waals surface area contributed by atoms with Crippen molar-refractivity contribution in [2.75, 3.05) is 5.32 Å². The van der Waals surface area contributed by atoms with Crippen LogP contribution in [0.3, 0.4) is 0 Å². The van der Waals surface area contributed by atoms with Crippen LogP contribution in [0.2, 0.25) is 20.1 Å². The Balaban J connectivity index is 1.73. The Hall–Kier alpha value is -1.83. The van der Waals surface area contributed by atoms with Gasteiger partial charge in [0.2, 0.25) is 0 Å². The van der Waals surface area contributed by atoms with Crippen molar-refractivity contribution in [1.82, 2.24) is 4.37 Å². The lowest BCUT2D eigenvalue weighted by molar-refractivity contribution is 0.167. The maximum Gasteiger partial charge on any atom is 0.437 e.